The minimum absolute atomic E-state index is 0.122. The lowest BCUT2D eigenvalue weighted by molar-refractivity contribution is -0.167. The zero-order chi connectivity index (χ0) is 51.4. The van der Waals surface area contributed by atoms with Gasteiger partial charge in [-0.1, -0.05) is 250 Å². The molecule has 0 N–H and O–H groups in total. The Balaban J connectivity index is 4.59. The second-order valence-electron chi connectivity index (χ2n) is 18.3. The molecule has 0 radical (unpaired) electrons. The van der Waals surface area contributed by atoms with Crippen molar-refractivity contribution >= 4 is 17.9 Å². The maximum Gasteiger partial charge on any atom is 0.306 e. The third kappa shape index (κ3) is 56.1. The highest BCUT2D eigenvalue weighted by atomic mass is 16.6. The predicted molar refractivity (Wildman–Crippen MR) is 306 cm³/mol. The Bertz CT molecular complexity index is 1590. The molecule has 6 nitrogen and oxygen atoms in total. The van der Waals surface area contributed by atoms with Crippen molar-refractivity contribution in [1.82, 2.24) is 0 Å². The fraction of sp³-hybridized carbons (Fsp3) is 0.585. The first-order valence-electron chi connectivity index (χ1n) is 28.4. The quantitative estimate of drug-likeness (QED) is 0.0199. The topological polar surface area (TPSA) is 78.9 Å². The summed E-state index contributed by atoms with van der Waals surface area (Å²) in [5.41, 5.74) is 0. The second kappa shape index (κ2) is 57.9. The molecule has 1 unspecified atom stereocenters. The molecule has 0 aliphatic rings. The summed E-state index contributed by atoms with van der Waals surface area (Å²) in [5, 5.41) is 0. The molecule has 0 aliphatic carbocycles. The van der Waals surface area contributed by atoms with Crippen LogP contribution in [-0.2, 0) is 28.6 Å². The molecule has 0 aliphatic heterocycles. The first kappa shape index (κ1) is 66.3. The number of ether oxygens (including phenoxy) is 3. The van der Waals surface area contributed by atoms with E-state index in [9.17, 15) is 14.4 Å². The summed E-state index contributed by atoms with van der Waals surface area (Å²) in [4.78, 5) is 38.2. The van der Waals surface area contributed by atoms with Crippen LogP contribution in [0.5, 0.6) is 0 Å². The number of unbranched alkanes of at least 4 members (excludes halogenated alkanes) is 19. The van der Waals surface area contributed by atoms with Gasteiger partial charge in [-0.05, 0) is 103 Å². The molecule has 0 saturated heterocycles. The Kier molecular flexibility index (Phi) is 54.0. The van der Waals surface area contributed by atoms with Gasteiger partial charge in [-0.15, -0.1) is 0 Å². The predicted octanol–water partition coefficient (Wildman–Crippen LogP) is 19.2. The van der Waals surface area contributed by atoms with E-state index in [0.29, 0.717) is 12.8 Å². The Labute approximate surface area is 436 Å². The molecular weight excluding hydrogens is 877 g/mol. The van der Waals surface area contributed by atoms with E-state index in [1.807, 2.05) is 36.5 Å². The van der Waals surface area contributed by atoms with Crippen LogP contribution >= 0.6 is 0 Å². The second-order valence-corrected chi connectivity index (χ2v) is 18.3. The van der Waals surface area contributed by atoms with Crippen LogP contribution in [0.3, 0.4) is 0 Å². The number of hydrogen-bond acceptors (Lipinski definition) is 6. The normalized spacial score (nSPS) is 13.2. The summed E-state index contributed by atoms with van der Waals surface area (Å²) in [6.07, 6.45) is 82.6. The lowest BCUT2D eigenvalue weighted by atomic mass is 10.1. The largest absolute Gasteiger partial charge is 0.462 e. The van der Waals surface area contributed by atoms with E-state index in [-0.39, 0.29) is 44.0 Å². The summed E-state index contributed by atoms with van der Waals surface area (Å²) in [6.45, 7) is 6.34. The summed E-state index contributed by atoms with van der Waals surface area (Å²) in [7, 11) is 0. The van der Waals surface area contributed by atoms with E-state index >= 15 is 0 Å². The van der Waals surface area contributed by atoms with Gasteiger partial charge in [0.25, 0.3) is 0 Å². The highest BCUT2D eigenvalue weighted by molar-refractivity contribution is 5.71. The molecule has 0 spiro atoms. The fourth-order valence-corrected chi connectivity index (χ4v) is 7.20. The van der Waals surface area contributed by atoms with E-state index in [2.05, 4.69) is 130 Å². The molecule has 0 rings (SSSR count). The van der Waals surface area contributed by atoms with Crippen LogP contribution in [0.2, 0.25) is 0 Å². The molecule has 0 fully saturated rings. The van der Waals surface area contributed by atoms with Crippen LogP contribution in [0, 0.1) is 0 Å². The van der Waals surface area contributed by atoms with Crippen LogP contribution in [-0.4, -0.2) is 37.2 Å². The third-order valence-corrected chi connectivity index (χ3v) is 11.4. The SMILES string of the molecule is CC/C=C\C/C=C\C/C=C\C/C=C\C/C=C\CCCC(=O)OCC(COC(=O)CCCCCCC\C=C/C=C\C=C/C=C\C=C/CCC)OC(=O)CCCCCCC/C=C\C=C/CCCCCCCCC. The number of carbonyl (C=O) groups is 3. The van der Waals surface area contributed by atoms with E-state index in [4.69, 9.17) is 14.2 Å². The first-order chi connectivity index (χ1) is 35.0. The average molecular weight is 980 g/mol. The van der Waals surface area contributed by atoms with Gasteiger partial charge in [0.05, 0.1) is 0 Å². The Morgan fingerprint density at radius 2 is 0.648 bits per heavy atom. The van der Waals surface area contributed by atoms with Gasteiger partial charge in [-0.3, -0.25) is 14.4 Å². The van der Waals surface area contributed by atoms with E-state index in [1.165, 1.54) is 57.8 Å². The molecule has 0 saturated carbocycles. The fourth-order valence-electron chi connectivity index (χ4n) is 7.20. The van der Waals surface area contributed by atoms with Crippen LogP contribution in [0.4, 0.5) is 0 Å². The zero-order valence-electron chi connectivity index (χ0n) is 45.4. The minimum Gasteiger partial charge on any atom is -0.462 e. The Hall–Kier alpha value is -4.71. The third-order valence-electron chi connectivity index (χ3n) is 11.4. The van der Waals surface area contributed by atoms with Gasteiger partial charge in [0.1, 0.15) is 13.2 Å². The smallest absolute Gasteiger partial charge is 0.306 e. The van der Waals surface area contributed by atoms with Crippen molar-refractivity contribution in [2.24, 2.45) is 0 Å². The number of hydrogen-bond donors (Lipinski definition) is 0. The van der Waals surface area contributed by atoms with Gasteiger partial charge in [0.2, 0.25) is 0 Å². The minimum atomic E-state index is -0.828. The van der Waals surface area contributed by atoms with Gasteiger partial charge in [-0.2, -0.15) is 0 Å². The van der Waals surface area contributed by atoms with Crippen LogP contribution in [0.1, 0.15) is 226 Å². The van der Waals surface area contributed by atoms with E-state index in [1.54, 1.807) is 0 Å². The lowest BCUT2D eigenvalue weighted by Gasteiger charge is -2.18. The standard InChI is InChI=1S/C65H102O6/c1-4-7-10-13-16-19-22-25-28-31-34-37-40-43-46-49-52-55-58-64(67)70-61-62(60-69-63(66)57-54-51-48-45-42-39-36-33-30-27-24-21-18-15-12-9-6-3)71-65(68)59-56-53-50-47-44-41-38-35-32-29-26-23-20-17-14-11-8-5-2/h9-10,12-13,16,18-19,21-22,25,27-32,34-39,45,48,62H,4-8,11,14-15,17,20,23-24,26,33,40-44,46-47,49-61H2,1-3H3/b12-9-,13-10-,19-16-,21-18-,25-22-,30-27-,31-28-,32-29-,37-34-,38-35-,39-36-,48-45-. The highest BCUT2D eigenvalue weighted by Gasteiger charge is 2.19. The van der Waals surface area contributed by atoms with Crippen molar-refractivity contribution in [3.8, 4) is 0 Å². The summed E-state index contributed by atoms with van der Waals surface area (Å²) in [6, 6.07) is 0. The van der Waals surface area contributed by atoms with Crippen LogP contribution in [0.15, 0.2) is 146 Å². The van der Waals surface area contributed by atoms with Crippen LogP contribution in [0.25, 0.3) is 0 Å². The van der Waals surface area contributed by atoms with E-state index < -0.39 is 6.10 Å². The molecule has 71 heavy (non-hydrogen) atoms. The number of allylic oxidation sites excluding steroid dienone is 24. The van der Waals surface area contributed by atoms with Gasteiger partial charge in [-0.25, -0.2) is 0 Å². The van der Waals surface area contributed by atoms with Crippen molar-refractivity contribution in [3.63, 3.8) is 0 Å². The van der Waals surface area contributed by atoms with Crippen molar-refractivity contribution in [2.45, 2.75) is 232 Å². The van der Waals surface area contributed by atoms with Crippen LogP contribution < -0.4 is 0 Å². The van der Waals surface area contributed by atoms with Gasteiger partial charge < -0.3 is 14.2 Å². The summed E-state index contributed by atoms with van der Waals surface area (Å²) >= 11 is 0. The maximum absolute atomic E-state index is 12.9. The van der Waals surface area contributed by atoms with Crippen molar-refractivity contribution in [2.75, 3.05) is 13.2 Å². The molecule has 398 valence electrons. The summed E-state index contributed by atoms with van der Waals surface area (Å²) < 4.78 is 16.8. The van der Waals surface area contributed by atoms with Gasteiger partial charge in [0.15, 0.2) is 6.10 Å². The maximum atomic E-state index is 12.9. The Morgan fingerprint density at radius 1 is 0.310 bits per heavy atom. The zero-order valence-corrected chi connectivity index (χ0v) is 45.4. The molecule has 0 amide bonds. The number of rotatable bonds is 49. The highest BCUT2D eigenvalue weighted by Crippen LogP contribution is 2.13. The number of esters is 3. The van der Waals surface area contributed by atoms with E-state index in [0.717, 1.165) is 122 Å². The molecule has 0 aromatic rings. The average Bonchev–Trinajstić information content (AvgIpc) is 3.37. The molecule has 1 atom stereocenters. The molecule has 0 aromatic carbocycles. The van der Waals surface area contributed by atoms with Crippen molar-refractivity contribution < 1.29 is 28.6 Å². The molecular formula is C65H102O6. The molecule has 0 bridgehead atoms. The van der Waals surface area contributed by atoms with Gasteiger partial charge >= 0.3 is 17.9 Å². The number of carbonyl (C=O) groups excluding carboxylic acids is 3. The van der Waals surface area contributed by atoms with Crippen molar-refractivity contribution in [1.29, 1.82) is 0 Å². The first-order valence-corrected chi connectivity index (χ1v) is 28.4. The molecule has 0 aromatic heterocycles. The monoisotopic (exact) mass is 979 g/mol. The molecule has 0 heterocycles. The lowest BCUT2D eigenvalue weighted by Crippen LogP contribution is -2.30. The van der Waals surface area contributed by atoms with Crippen molar-refractivity contribution in [3.05, 3.63) is 146 Å². The van der Waals surface area contributed by atoms with Gasteiger partial charge in [0, 0.05) is 19.3 Å². The summed E-state index contributed by atoms with van der Waals surface area (Å²) in [5.74, 6) is -1.03. The Morgan fingerprint density at radius 3 is 1.10 bits per heavy atom. The molecule has 6 heteroatoms.